The largest absolute Gasteiger partial charge is 0.354 e. The standard InChI is InChI=1S/C9H10N6O2S/c1-2-10-8-13-5-6(15(16)17)7(14-8)18-9-11-3-4-12-9/h3-5H,2H2,1H3,(H,11,12)(H,10,13,14). The highest BCUT2D eigenvalue weighted by Crippen LogP contribution is 2.31. The number of H-pyrrole nitrogens is 1. The van der Waals surface area contributed by atoms with E-state index in [2.05, 4.69) is 25.3 Å². The maximum absolute atomic E-state index is 10.9. The predicted octanol–water partition coefficient (Wildman–Crippen LogP) is 1.69. The quantitative estimate of drug-likeness (QED) is 0.481. The van der Waals surface area contributed by atoms with E-state index in [1.807, 2.05) is 6.92 Å². The van der Waals surface area contributed by atoms with Crippen molar-refractivity contribution in [3.05, 3.63) is 28.7 Å². The van der Waals surface area contributed by atoms with Gasteiger partial charge in [0.15, 0.2) is 10.2 Å². The summed E-state index contributed by atoms with van der Waals surface area (Å²) in [6.45, 7) is 2.53. The van der Waals surface area contributed by atoms with Gasteiger partial charge in [-0.25, -0.2) is 9.97 Å². The number of aromatic amines is 1. The molecule has 0 atom stereocenters. The summed E-state index contributed by atoms with van der Waals surface area (Å²) in [6.07, 6.45) is 4.40. The van der Waals surface area contributed by atoms with E-state index < -0.39 is 4.92 Å². The molecular weight excluding hydrogens is 256 g/mol. The Kier molecular flexibility index (Phi) is 3.72. The Hall–Kier alpha value is -2.16. The van der Waals surface area contributed by atoms with Crippen molar-refractivity contribution >= 4 is 23.4 Å². The van der Waals surface area contributed by atoms with Crippen LogP contribution in [0.2, 0.25) is 0 Å². The summed E-state index contributed by atoms with van der Waals surface area (Å²) in [7, 11) is 0. The molecule has 0 spiro atoms. The second-order valence-electron chi connectivity index (χ2n) is 3.17. The highest BCUT2D eigenvalue weighted by atomic mass is 32.2. The van der Waals surface area contributed by atoms with Gasteiger partial charge in [-0.15, -0.1) is 0 Å². The minimum atomic E-state index is -0.513. The minimum Gasteiger partial charge on any atom is -0.354 e. The number of nitrogens with zero attached hydrogens (tertiary/aromatic N) is 4. The molecule has 0 saturated heterocycles. The van der Waals surface area contributed by atoms with Gasteiger partial charge in [0.2, 0.25) is 5.95 Å². The molecule has 0 saturated carbocycles. The van der Waals surface area contributed by atoms with Crippen LogP contribution in [0, 0.1) is 10.1 Å². The van der Waals surface area contributed by atoms with Crippen molar-refractivity contribution in [1.82, 2.24) is 19.9 Å². The van der Waals surface area contributed by atoms with E-state index in [4.69, 9.17) is 0 Å². The third-order valence-electron chi connectivity index (χ3n) is 1.93. The Morgan fingerprint density at radius 2 is 2.39 bits per heavy atom. The number of aromatic nitrogens is 4. The van der Waals surface area contributed by atoms with Gasteiger partial charge in [-0.1, -0.05) is 0 Å². The molecule has 94 valence electrons. The Labute approximate surface area is 106 Å². The topological polar surface area (TPSA) is 110 Å². The zero-order chi connectivity index (χ0) is 13.0. The van der Waals surface area contributed by atoms with E-state index in [0.717, 1.165) is 11.8 Å². The van der Waals surface area contributed by atoms with Crippen LogP contribution in [0.15, 0.2) is 28.8 Å². The van der Waals surface area contributed by atoms with Crippen molar-refractivity contribution < 1.29 is 4.92 Å². The molecule has 0 aliphatic heterocycles. The van der Waals surface area contributed by atoms with Crippen LogP contribution in [-0.4, -0.2) is 31.4 Å². The summed E-state index contributed by atoms with van der Waals surface area (Å²) >= 11 is 1.09. The minimum absolute atomic E-state index is 0.141. The molecule has 0 fully saturated rings. The highest BCUT2D eigenvalue weighted by molar-refractivity contribution is 7.99. The van der Waals surface area contributed by atoms with Crippen molar-refractivity contribution in [1.29, 1.82) is 0 Å². The van der Waals surface area contributed by atoms with E-state index in [1.54, 1.807) is 12.4 Å². The third-order valence-corrected chi connectivity index (χ3v) is 2.84. The molecule has 2 aromatic heterocycles. The average Bonchev–Trinajstić information content (AvgIpc) is 2.82. The third kappa shape index (κ3) is 2.74. The molecule has 2 heterocycles. The predicted molar refractivity (Wildman–Crippen MR) is 65.6 cm³/mol. The van der Waals surface area contributed by atoms with Gasteiger partial charge in [-0.05, 0) is 18.7 Å². The van der Waals surface area contributed by atoms with Crippen LogP contribution in [0.4, 0.5) is 11.6 Å². The summed E-state index contributed by atoms with van der Waals surface area (Å²) in [4.78, 5) is 25.2. The molecule has 0 unspecified atom stereocenters. The van der Waals surface area contributed by atoms with Crippen LogP contribution < -0.4 is 5.32 Å². The van der Waals surface area contributed by atoms with E-state index in [1.165, 1.54) is 6.20 Å². The number of hydrogen-bond donors (Lipinski definition) is 2. The molecule has 2 N–H and O–H groups in total. The first-order valence-electron chi connectivity index (χ1n) is 5.13. The van der Waals surface area contributed by atoms with Crippen LogP contribution in [0.5, 0.6) is 0 Å². The number of anilines is 1. The fourth-order valence-electron chi connectivity index (χ4n) is 1.20. The van der Waals surface area contributed by atoms with Crippen molar-refractivity contribution in [2.24, 2.45) is 0 Å². The monoisotopic (exact) mass is 266 g/mol. The van der Waals surface area contributed by atoms with E-state index in [-0.39, 0.29) is 10.7 Å². The van der Waals surface area contributed by atoms with Crippen LogP contribution in [0.25, 0.3) is 0 Å². The molecule has 0 amide bonds. The van der Waals surface area contributed by atoms with Crippen molar-refractivity contribution in [3.63, 3.8) is 0 Å². The van der Waals surface area contributed by atoms with Gasteiger partial charge >= 0.3 is 5.69 Å². The van der Waals surface area contributed by atoms with Gasteiger partial charge in [-0.3, -0.25) is 10.1 Å². The van der Waals surface area contributed by atoms with E-state index >= 15 is 0 Å². The number of rotatable bonds is 5. The van der Waals surface area contributed by atoms with Crippen LogP contribution >= 0.6 is 11.8 Å². The Balaban J connectivity index is 2.34. The number of nitrogens with one attached hydrogen (secondary N) is 2. The molecule has 0 aliphatic rings. The Bertz CT molecular complexity index is 544. The van der Waals surface area contributed by atoms with Gasteiger partial charge in [0.05, 0.1) is 4.92 Å². The molecule has 0 aromatic carbocycles. The lowest BCUT2D eigenvalue weighted by atomic mass is 10.5. The fraction of sp³-hybridized carbons (Fsp3) is 0.222. The Morgan fingerprint density at radius 3 is 3.00 bits per heavy atom. The zero-order valence-electron chi connectivity index (χ0n) is 9.45. The van der Waals surface area contributed by atoms with Gasteiger partial charge in [0.25, 0.3) is 0 Å². The first kappa shape index (κ1) is 12.3. The summed E-state index contributed by atoms with van der Waals surface area (Å²) in [6, 6.07) is 0. The highest BCUT2D eigenvalue weighted by Gasteiger charge is 2.19. The van der Waals surface area contributed by atoms with Crippen molar-refractivity contribution in [3.8, 4) is 0 Å². The molecule has 9 heteroatoms. The number of hydrogen-bond acceptors (Lipinski definition) is 7. The first-order chi connectivity index (χ1) is 8.70. The molecule has 2 aromatic rings. The van der Waals surface area contributed by atoms with Gasteiger partial charge in [-0.2, -0.15) is 4.98 Å². The molecule has 2 rings (SSSR count). The van der Waals surface area contributed by atoms with Crippen LogP contribution in [0.1, 0.15) is 6.92 Å². The molecular formula is C9H10N6O2S. The Morgan fingerprint density at radius 1 is 1.56 bits per heavy atom. The molecule has 18 heavy (non-hydrogen) atoms. The SMILES string of the molecule is CCNc1ncc([N+](=O)[O-])c(Sc2ncc[nH]2)n1. The van der Waals surface area contributed by atoms with E-state index in [9.17, 15) is 10.1 Å². The molecule has 8 nitrogen and oxygen atoms in total. The second kappa shape index (κ2) is 5.45. The lowest BCUT2D eigenvalue weighted by molar-refractivity contribution is -0.388. The summed E-state index contributed by atoms with van der Waals surface area (Å²) in [5, 5.41) is 14.6. The molecule has 0 bridgehead atoms. The van der Waals surface area contributed by atoms with E-state index in [0.29, 0.717) is 17.6 Å². The van der Waals surface area contributed by atoms with Crippen LogP contribution in [-0.2, 0) is 0 Å². The maximum Gasteiger partial charge on any atom is 0.320 e. The molecule has 0 aliphatic carbocycles. The van der Waals surface area contributed by atoms with Gasteiger partial charge in [0, 0.05) is 18.9 Å². The average molecular weight is 266 g/mol. The van der Waals surface area contributed by atoms with Crippen LogP contribution in [0.3, 0.4) is 0 Å². The first-order valence-corrected chi connectivity index (χ1v) is 5.95. The van der Waals surface area contributed by atoms with Gasteiger partial charge < -0.3 is 10.3 Å². The summed E-state index contributed by atoms with van der Waals surface area (Å²) < 4.78 is 0. The van der Waals surface area contributed by atoms with Crippen molar-refractivity contribution in [2.75, 3.05) is 11.9 Å². The summed E-state index contributed by atoms with van der Waals surface area (Å²) in [5.41, 5.74) is -0.141. The lowest BCUT2D eigenvalue weighted by Gasteiger charge is -2.03. The zero-order valence-corrected chi connectivity index (χ0v) is 10.3. The van der Waals surface area contributed by atoms with Gasteiger partial charge in [0.1, 0.15) is 6.20 Å². The smallest absolute Gasteiger partial charge is 0.320 e. The summed E-state index contributed by atoms with van der Waals surface area (Å²) in [5.74, 6) is 0.358. The van der Waals surface area contributed by atoms with Crippen molar-refractivity contribution in [2.45, 2.75) is 17.1 Å². The second-order valence-corrected chi connectivity index (χ2v) is 4.15. The lowest BCUT2D eigenvalue weighted by Crippen LogP contribution is -2.04. The normalized spacial score (nSPS) is 10.3. The fourth-order valence-corrected chi connectivity index (χ4v) is 1.99. The maximum atomic E-state index is 10.9. The number of imidazole rings is 1. The number of nitro groups is 1. The molecule has 0 radical (unpaired) electrons.